The molecule has 124 valence electrons. The standard InChI is InChI=1S/C18H18N2O3S/c1-24(22,23)20-16(11-19)18(17(20)12-21)15-10-6-5-9-14(15)13-7-3-2-4-8-13/h2-10,16-18,21H,12H2,1H3/t16-,17+,18-/m1/s1. The van der Waals surface area contributed by atoms with Gasteiger partial charge in [0.2, 0.25) is 10.0 Å². The molecule has 3 atom stereocenters. The van der Waals surface area contributed by atoms with Crippen molar-refractivity contribution in [1.82, 2.24) is 4.31 Å². The zero-order valence-corrected chi connectivity index (χ0v) is 14.0. The topological polar surface area (TPSA) is 81.4 Å². The summed E-state index contributed by atoms with van der Waals surface area (Å²) in [5.41, 5.74) is 2.84. The van der Waals surface area contributed by atoms with Gasteiger partial charge in [-0.1, -0.05) is 54.6 Å². The molecule has 0 unspecified atom stereocenters. The Kier molecular flexibility index (Phi) is 4.41. The van der Waals surface area contributed by atoms with Crippen LogP contribution in [0.25, 0.3) is 11.1 Å². The molecule has 0 aliphatic carbocycles. The highest BCUT2D eigenvalue weighted by molar-refractivity contribution is 7.88. The summed E-state index contributed by atoms with van der Waals surface area (Å²) in [6, 6.07) is 18.0. The van der Waals surface area contributed by atoms with Gasteiger partial charge in [0, 0.05) is 5.92 Å². The fraction of sp³-hybridized carbons (Fsp3) is 0.278. The summed E-state index contributed by atoms with van der Waals surface area (Å²) < 4.78 is 25.0. The molecule has 2 aromatic rings. The molecule has 1 saturated heterocycles. The van der Waals surface area contributed by atoms with E-state index in [0.717, 1.165) is 27.3 Å². The Balaban J connectivity index is 2.09. The zero-order valence-electron chi connectivity index (χ0n) is 13.2. The second-order valence-corrected chi connectivity index (χ2v) is 7.78. The summed E-state index contributed by atoms with van der Waals surface area (Å²) in [5.74, 6) is -0.355. The SMILES string of the molecule is CS(=O)(=O)N1[C@H](C#N)[C@@H](c2ccccc2-c2ccccc2)[C@@H]1CO. The van der Waals surface area contributed by atoms with Crippen LogP contribution in [-0.2, 0) is 10.0 Å². The first-order valence-electron chi connectivity index (χ1n) is 7.62. The van der Waals surface area contributed by atoms with Crippen LogP contribution >= 0.6 is 0 Å². The average Bonchev–Trinajstić information content (AvgIpc) is 2.55. The van der Waals surface area contributed by atoms with Crippen molar-refractivity contribution in [1.29, 1.82) is 5.26 Å². The van der Waals surface area contributed by atoms with Gasteiger partial charge in [0.15, 0.2) is 0 Å². The highest BCUT2D eigenvalue weighted by atomic mass is 32.2. The van der Waals surface area contributed by atoms with Gasteiger partial charge in [-0.15, -0.1) is 0 Å². The average molecular weight is 342 g/mol. The van der Waals surface area contributed by atoms with Gasteiger partial charge in [-0.3, -0.25) is 0 Å². The Morgan fingerprint density at radius 1 is 1.12 bits per heavy atom. The second-order valence-electron chi connectivity index (χ2n) is 5.90. The highest BCUT2D eigenvalue weighted by Crippen LogP contribution is 2.45. The van der Waals surface area contributed by atoms with E-state index in [1.807, 2.05) is 54.6 Å². The molecule has 1 aliphatic rings. The van der Waals surface area contributed by atoms with Crippen LogP contribution in [-0.4, -0.2) is 42.8 Å². The number of aliphatic hydroxyl groups excluding tert-OH is 1. The fourth-order valence-electron chi connectivity index (χ4n) is 3.46. The van der Waals surface area contributed by atoms with Gasteiger partial charge in [0.05, 0.1) is 25.0 Å². The quantitative estimate of drug-likeness (QED) is 0.921. The molecular formula is C18H18N2O3S. The number of aliphatic hydroxyl groups is 1. The van der Waals surface area contributed by atoms with Gasteiger partial charge in [0.1, 0.15) is 6.04 Å². The van der Waals surface area contributed by atoms with E-state index in [0.29, 0.717) is 0 Å². The number of nitrogens with zero attached hydrogens (tertiary/aromatic N) is 2. The first-order valence-corrected chi connectivity index (χ1v) is 9.47. The molecule has 5 nitrogen and oxygen atoms in total. The molecule has 0 spiro atoms. The summed E-state index contributed by atoms with van der Waals surface area (Å²) in [6.07, 6.45) is 1.07. The smallest absolute Gasteiger partial charge is 0.212 e. The number of nitriles is 1. The summed E-state index contributed by atoms with van der Waals surface area (Å²) in [4.78, 5) is 0. The van der Waals surface area contributed by atoms with E-state index < -0.39 is 22.1 Å². The van der Waals surface area contributed by atoms with Gasteiger partial charge in [0.25, 0.3) is 0 Å². The summed E-state index contributed by atoms with van der Waals surface area (Å²) >= 11 is 0. The van der Waals surface area contributed by atoms with E-state index in [2.05, 4.69) is 6.07 Å². The van der Waals surface area contributed by atoms with Gasteiger partial charge >= 0.3 is 0 Å². The molecule has 0 aromatic heterocycles. The van der Waals surface area contributed by atoms with Crippen LogP contribution in [0.15, 0.2) is 54.6 Å². The Labute approximate surface area is 141 Å². The van der Waals surface area contributed by atoms with E-state index in [1.165, 1.54) is 0 Å². The van der Waals surface area contributed by atoms with E-state index in [4.69, 9.17) is 0 Å². The van der Waals surface area contributed by atoms with Gasteiger partial charge in [-0.05, 0) is 16.7 Å². The van der Waals surface area contributed by atoms with Crippen molar-refractivity contribution < 1.29 is 13.5 Å². The lowest BCUT2D eigenvalue weighted by molar-refractivity contribution is 0.0566. The lowest BCUT2D eigenvalue weighted by Gasteiger charge is -2.50. The Morgan fingerprint density at radius 2 is 1.75 bits per heavy atom. The van der Waals surface area contributed by atoms with E-state index in [1.54, 1.807) is 0 Å². The zero-order chi connectivity index (χ0) is 17.3. The maximum Gasteiger partial charge on any atom is 0.212 e. The molecule has 1 N–H and O–H groups in total. The molecule has 1 fully saturated rings. The lowest BCUT2D eigenvalue weighted by atomic mass is 9.75. The van der Waals surface area contributed by atoms with Crippen LogP contribution in [0.1, 0.15) is 11.5 Å². The monoisotopic (exact) mass is 342 g/mol. The number of hydrogen-bond donors (Lipinski definition) is 1. The molecule has 0 amide bonds. The second kappa shape index (κ2) is 6.36. The number of hydrogen-bond acceptors (Lipinski definition) is 4. The minimum Gasteiger partial charge on any atom is -0.395 e. The van der Waals surface area contributed by atoms with Crippen LogP contribution in [0.3, 0.4) is 0 Å². The van der Waals surface area contributed by atoms with Crippen LogP contribution in [0, 0.1) is 11.3 Å². The third kappa shape index (κ3) is 2.71. The molecule has 0 bridgehead atoms. The van der Waals surface area contributed by atoms with Gasteiger partial charge in [-0.25, -0.2) is 8.42 Å². The predicted octanol–water partition coefficient (Wildman–Crippen LogP) is 1.97. The minimum atomic E-state index is -3.56. The third-order valence-electron chi connectivity index (χ3n) is 4.46. The Bertz CT molecular complexity index is 875. The van der Waals surface area contributed by atoms with Crippen molar-refractivity contribution in [3.8, 4) is 17.2 Å². The molecule has 24 heavy (non-hydrogen) atoms. The lowest BCUT2D eigenvalue weighted by Crippen LogP contribution is -2.64. The maximum atomic E-state index is 11.9. The molecule has 2 aromatic carbocycles. The van der Waals surface area contributed by atoms with Crippen LogP contribution < -0.4 is 0 Å². The van der Waals surface area contributed by atoms with Crippen molar-refractivity contribution in [3.05, 3.63) is 60.2 Å². The third-order valence-corrected chi connectivity index (χ3v) is 5.73. The normalized spacial score (nSPS) is 24.1. The fourth-order valence-corrected chi connectivity index (χ4v) is 4.74. The van der Waals surface area contributed by atoms with Crippen LogP contribution in [0.4, 0.5) is 0 Å². The maximum absolute atomic E-state index is 11.9. The summed E-state index contributed by atoms with van der Waals surface area (Å²) in [7, 11) is -3.56. The number of sulfonamides is 1. The molecule has 3 rings (SSSR count). The van der Waals surface area contributed by atoms with Gasteiger partial charge < -0.3 is 5.11 Å². The Morgan fingerprint density at radius 3 is 2.33 bits per heavy atom. The number of rotatable bonds is 4. The molecule has 6 heteroatoms. The molecule has 1 heterocycles. The first kappa shape index (κ1) is 16.7. The van der Waals surface area contributed by atoms with Crippen molar-refractivity contribution in [2.75, 3.05) is 12.9 Å². The van der Waals surface area contributed by atoms with Crippen molar-refractivity contribution in [2.24, 2.45) is 0 Å². The van der Waals surface area contributed by atoms with Crippen molar-refractivity contribution >= 4 is 10.0 Å². The van der Waals surface area contributed by atoms with Crippen molar-refractivity contribution in [2.45, 2.75) is 18.0 Å². The molecular weight excluding hydrogens is 324 g/mol. The van der Waals surface area contributed by atoms with E-state index in [9.17, 15) is 18.8 Å². The van der Waals surface area contributed by atoms with Crippen LogP contribution in [0.5, 0.6) is 0 Å². The summed E-state index contributed by atoms with van der Waals surface area (Å²) in [5, 5.41) is 19.2. The van der Waals surface area contributed by atoms with E-state index >= 15 is 0 Å². The predicted molar refractivity (Wildman–Crippen MR) is 91.6 cm³/mol. The molecule has 0 radical (unpaired) electrons. The minimum absolute atomic E-state index is 0.320. The van der Waals surface area contributed by atoms with Gasteiger partial charge in [-0.2, -0.15) is 9.57 Å². The molecule has 1 aliphatic heterocycles. The number of benzene rings is 2. The summed E-state index contributed by atoms with van der Waals surface area (Å²) in [6.45, 7) is -0.320. The largest absolute Gasteiger partial charge is 0.395 e. The van der Waals surface area contributed by atoms with E-state index in [-0.39, 0.29) is 12.5 Å². The van der Waals surface area contributed by atoms with Crippen molar-refractivity contribution in [3.63, 3.8) is 0 Å². The first-order chi connectivity index (χ1) is 11.5. The highest BCUT2D eigenvalue weighted by Gasteiger charge is 2.54. The Hall–Kier alpha value is -2.20. The van der Waals surface area contributed by atoms with Crippen LogP contribution in [0.2, 0.25) is 0 Å². The molecule has 0 saturated carbocycles.